The smallest absolute Gasteiger partial charge is 0.328 e. The first-order chi connectivity index (χ1) is 11.9. The van der Waals surface area contributed by atoms with Gasteiger partial charge in [0.2, 0.25) is 0 Å². The monoisotopic (exact) mass is 342 g/mol. The lowest BCUT2D eigenvalue weighted by atomic mass is 9.96. The van der Waals surface area contributed by atoms with Crippen LogP contribution in [0.1, 0.15) is 47.9 Å². The van der Waals surface area contributed by atoms with Gasteiger partial charge in [-0.25, -0.2) is 4.79 Å². The van der Waals surface area contributed by atoms with Gasteiger partial charge in [-0.15, -0.1) is 0 Å². The maximum absolute atomic E-state index is 13.3. The minimum absolute atomic E-state index is 0.148. The minimum atomic E-state index is -0.644. The van der Waals surface area contributed by atoms with Crippen LogP contribution in [0.25, 0.3) is 0 Å². The van der Waals surface area contributed by atoms with E-state index in [9.17, 15) is 9.59 Å². The molecule has 7 nitrogen and oxygen atoms in total. The predicted molar refractivity (Wildman–Crippen MR) is 92.5 cm³/mol. The number of carbonyl (C=O) groups excluding carboxylic acids is 2. The van der Waals surface area contributed by atoms with E-state index in [1.54, 1.807) is 36.3 Å². The van der Waals surface area contributed by atoms with Crippen LogP contribution in [0.2, 0.25) is 0 Å². The SMILES string of the molecule is COC(=O)C1CCc2cnccc2N1C(=O)c1cn(C(C)C)nc1C. The van der Waals surface area contributed by atoms with Crippen molar-refractivity contribution in [1.82, 2.24) is 14.8 Å². The van der Waals surface area contributed by atoms with Crippen LogP contribution in [-0.2, 0) is 16.0 Å². The van der Waals surface area contributed by atoms with E-state index in [0.717, 1.165) is 5.56 Å². The van der Waals surface area contributed by atoms with Crippen molar-refractivity contribution < 1.29 is 14.3 Å². The fourth-order valence-electron chi connectivity index (χ4n) is 3.13. The molecule has 1 unspecified atom stereocenters. The number of anilines is 1. The molecule has 7 heteroatoms. The fraction of sp³-hybridized carbons (Fsp3) is 0.444. The Morgan fingerprint density at radius 3 is 2.76 bits per heavy atom. The second-order valence-corrected chi connectivity index (χ2v) is 6.46. The molecule has 0 N–H and O–H groups in total. The van der Waals surface area contributed by atoms with E-state index in [1.165, 1.54) is 12.0 Å². The number of esters is 1. The lowest BCUT2D eigenvalue weighted by Gasteiger charge is -2.35. The maximum Gasteiger partial charge on any atom is 0.328 e. The van der Waals surface area contributed by atoms with E-state index < -0.39 is 12.0 Å². The zero-order valence-electron chi connectivity index (χ0n) is 14.9. The van der Waals surface area contributed by atoms with Crippen molar-refractivity contribution in [1.29, 1.82) is 0 Å². The van der Waals surface area contributed by atoms with Crippen molar-refractivity contribution in [3.05, 3.63) is 41.5 Å². The summed E-state index contributed by atoms with van der Waals surface area (Å²) in [6.45, 7) is 5.80. The molecule has 0 aliphatic carbocycles. The van der Waals surface area contributed by atoms with Gasteiger partial charge in [-0.2, -0.15) is 5.10 Å². The summed E-state index contributed by atoms with van der Waals surface area (Å²) < 4.78 is 6.68. The number of hydrogen-bond acceptors (Lipinski definition) is 5. The molecular weight excluding hydrogens is 320 g/mol. The number of pyridine rings is 1. The van der Waals surface area contributed by atoms with Crippen molar-refractivity contribution in [2.45, 2.75) is 45.7 Å². The summed E-state index contributed by atoms with van der Waals surface area (Å²) in [7, 11) is 1.34. The molecule has 0 fully saturated rings. The first kappa shape index (κ1) is 17.1. The van der Waals surface area contributed by atoms with Gasteiger partial charge in [0.15, 0.2) is 0 Å². The lowest BCUT2D eigenvalue weighted by molar-refractivity contribution is -0.142. The molecule has 1 aliphatic rings. The van der Waals surface area contributed by atoms with Crippen molar-refractivity contribution in [2.75, 3.05) is 12.0 Å². The number of aromatic nitrogens is 3. The van der Waals surface area contributed by atoms with Crippen LogP contribution in [0.3, 0.4) is 0 Å². The Labute approximate surface area is 146 Å². The first-order valence-corrected chi connectivity index (χ1v) is 8.34. The summed E-state index contributed by atoms with van der Waals surface area (Å²) in [4.78, 5) is 31.2. The summed E-state index contributed by atoms with van der Waals surface area (Å²) in [5, 5.41) is 4.41. The highest BCUT2D eigenvalue weighted by atomic mass is 16.5. The third kappa shape index (κ3) is 3.01. The lowest BCUT2D eigenvalue weighted by Crippen LogP contribution is -2.48. The number of hydrogen-bond donors (Lipinski definition) is 0. The van der Waals surface area contributed by atoms with Gasteiger partial charge in [0, 0.05) is 24.6 Å². The molecule has 0 bridgehead atoms. The molecule has 1 atom stereocenters. The van der Waals surface area contributed by atoms with Gasteiger partial charge in [0.1, 0.15) is 6.04 Å². The van der Waals surface area contributed by atoms with E-state index in [4.69, 9.17) is 4.74 Å². The van der Waals surface area contributed by atoms with Gasteiger partial charge in [0.05, 0.1) is 24.1 Å². The number of aryl methyl sites for hydroxylation is 2. The highest BCUT2D eigenvalue weighted by Crippen LogP contribution is 2.32. The van der Waals surface area contributed by atoms with Crippen LogP contribution < -0.4 is 4.90 Å². The molecule has 0 saturated heterocycles. The molecule has 0 aromatic carbocycles. The Hall–Kier alpha value is -2.70. The number of ether oxygens (including phenoxy) is 1. The Bertz CT molecular complexity index is 812. The van der Waals surface area contributed by atoms with Crippen LogP contribution in [0.5, 0.6) is 0 Å². The largest absolute Gasteiger partial charge is 0.467 e. The molecule has 1 aliphatic heterocycles. The van der Waals surface area contributed by atoms with Crippen molar-refractivity contribution in [3.63, 3.8) is 0 Å². The highest BCUT2D eigenvalue weighted by molar-refractivity contribution is 6.10. The summed E-state index contributed by atoms with van der Waals surface area (Å²) >= 11 is 0. The first-order valence-electron chi connectivity index (χ1n) is 8.34. The molecule has 2 aromatic heterocycles. The van der Waals surface area contributed by atoms with E-state index in [-0.39, 0.29) is 11.9 Å². The van der Waals surface area contributed by atoms with E-state index >= 15 is 0 Å². The third-order valence-corrected chi connectivity index (χ3v) is 4.50. The predicted octanol–water partition coefficient (Wildman–Crippen LogP) is 2.30. The van der Waals surface area contributed by atoms with E-state index in [2.05, 4.69) is 10.1 Å². The van der Waals surface area contributed by atoms with Crippen molar-refractivity contribution in [3.8, 4) is 0 Å². The third-order valence-electron chi connectivity index (χ3n) is 4.50. The van der Waals surface area contributed by atoms with Crippen molar-refractivity contribution >= 4 is 17.6 Å². The number of amides is 1. The van der Waals surface area contributed by atoms with Crippen LogP contribution in [0, 0.1) is 6.92 Å². The van der Waals surface area contributed by atoms with Crippen LogP contribution in [0.15, 0.2) is 24.7 Å². The molecule has 1 amide bonds. The average Bonchev–Trinajstić information content (AvgIpc) is 3.01. The fourth-order valence-corrected chi connectivity index (χ4v) is 3.13. The molecule has 3 heterocycles. The van der Waals surface area contributed by atoms with Gasteiger partial charge in [-0.1, -0.05) is 0 Å². The number of rotatable bonds is 3. The number of nitrogens with zero attached hydrogens (tertiary/aromatic N) is 4. The number of carbonyl (C=O) groups is 2. The average molecular weight is 342 g/mol. The highest BCUT2D eigenvalue weighted by Gasteiger charge is 2.37. The summed E-state index contributed by atoms with van der Waals surface area (Å²) in [5.74, 6) is -0.656. The van der Waals surface area contributed by atoms with Crippen LogP contribution in [0.4, 0.5) is 5.69 Å². The zero-order chi connectivity index (χ0) is 18.1. The van der Waals surface area contributed by atoms with Crippen LogP contribution in [-0.4, -0.2) is 39.8 Å². The number of fused-ring (bicyclic) bond motifs is 1. The Balaban J connectivity index is 2.07. The number of methoxy groups -OCH3 is 1. The van der Waals surface area contributed by atoms with Gasteiger partial charge in [-0.05, 0) is 45.2 Å². The molecule has 0 saturated carbocycles. The van der Waals surface area contributed by atoms with Gasteiger partial charge in [-0.3, -0.25) is 19.4 Å². The van der Waals surface area contributed by atoms with Gasteiger partial charge < -0.3 is 4.74 Å². The quantitative estimate of drug-likeness (QED) is 0.800. The zero-order valence-corrected chi connectivity index (χ0v) is 14.9. The molecule has 25 heavy (non-hydrogen) atoms. The topological polar surface area (TPSA) is 77.3 Å². The van der Waals surface area contributed by atoms with E-state index in [1.807, 2.05) is 13.8 Å². The molecule has 3 rings (SSSR count). The van der Waals surface area contributed by atoms with E-state index in [0.29, 0.717) is 29.8 Å². The summed E-state index contributed by atoms with van der Waals surface area (Å²) in [6, 6.07) is 1.27. The summed E-state index contributed by atoms with van der Waals surface area (Å²) in [5.41, 5.74) is 2.79. The molecular formula is C18H22N4O3. The minimum Gasteiger partial charge on any atom is -0.467 e. The maximum atomic E-state index is 13.3. The summed E-state index contributed by atoms with van der Waals surface area (Å²) in [6.07, 6.45) is 6.30. The Kier molecular flexibility index (Phi) is 4.57. The van der Waals surface area contributed by atoms with Gasteiger partial charge >= 0.3 is 5.97 Å². The second-order valence-electron chi connectivity index (χ2n) is 6.46. The second kappa shape index (κ2) is 6.66. The molecule has 0 radical (unpaired) electrons. The molecule has 0 spiro atoms. The molecule has 132 valence electrons. The molecule has 2 aromatic rings. The Morgan fingerprint density at radius 2 is 2.12 bits per heavy atom. The van der Waals surface area contributed by atoms with Crippen LogP contribution >= 0.6 is 0 Å². The standard InChI is InChI=1S/C18H22N4O3/c1-11(2)21-10-14(12(3)20-21)17(23)22-15-7-8-19-9-13(15)5-6-16(22)18(24)25-4/h7-11,16H,5-6H2,1-4H3. The normalized spacial score (nSPS) is 16.7. The Morgan fingerprint density at radius 1 is 1.36 bits per heavy atom. The van der Waals surface area contributed by atoms with Crippen molar-refractivity contribution in [2.24, 2.45) is 0 Å². The van der Waals surface area contributed by atoms with Gasteiger partial charge in [0.25, 0.3) is 5.91 Å².